The lowest BCUT2D eigenvalue weighted by Gasteiger charge is -2.33. The Balaban J connectivity index is 3.00. The number of methoxy groups -OCH3 is 1. The molecule has 0 aliphatic carbocycles. The lowest BCUT2D eigenvalue weighted by Crippen LogP contribution is -2.37. The summed E-state index contributed by atoms with van der Waals surface area (Å²) in [5.41, 5.74) is 8.41. The van der Waals surface area contributed by atoms with Crippen molar-refractivity contribution in [2.24, 2.45) is 5.73 Å². The maximum atomic E-state index is 5.89. The van der Waals surface area contributed by atoms with Gasteiger partial charge in [-0.3, -0.25) is 0 Å². The molecule has 4 heteroatoms. The van der Waals surface area contributed by atoms with Crippen molar-refractivity contribution in [2.45, 2.75) is 52.1 Å². The molecule has 2 N–H and O–H groups in total. The van der Waals surface area contributed by atoms with Crippen LogP contribution in [0.5, 0.6) is 0 Å². The van der Waals surface area contributed by atoms with Gasteiger partial charge in [0.2, 0.25) is 0 Å². The molecule has 3 nitrogen and oxygen atoms in total. The smallest absolute Gasteiger partial charge is 0.0637 e. The second-order valence-corrected chi connectivity index (χ2v) is 6.48. The van der Waals surface area contributed by atoms with Crippen LogP contribution >= 0.6 is 15.9 Å². The molecule has 0 bridgehead atoms. The molecule has 0 radical (unpaired) electrons. The Labute approximate surface area is 138 Å². The SMILES string of the molecule is CCC(CC)N(CCOC)c1ccc(CC(C)N)cc1Br. The van der Waals surface area contributed by atoms with Gasteiger partial charge in [0.25, 0.3) is 0 Å². The number of anilines is 1. The summed E-state index contributed by atoms with van der Waals surface area (Å²) in [5.74, 6) is 0. The monoisotopic (exact) mass is 356 g/mol. The van der Waals surface area contributed by atoms with E-state index in [-0.39, 0.29) is 6.04 Å². The summed E-state index contributed by atoms with van der Waals surface area (Å²) in [7, 11) is 1.76. The first-order valence-corrected chi connectivity index (χ1v) is 8.62. The van der Waals surface area contributed by atoms with Crippen molar-refractivity contribution in [1.29, 1.82) is 0 Å². The largest absolute Gasteiger partial charge is 0.383 e. The van der Waals surface area contributed by atoms with E-state index in [0.29, 0.717) is 6.04 Å². The van der Waals surface area contributed by atoms with Crippen molar-refractivity contribution in [2.75, 3.05) is 25.2 Å². The van der Waals surface area contributed by atoms with Crippen LogP contribution in [0.2, 0.25) is 0 Å². The highest BCUT2D eigenvalue weighted by Crippen LogP contribution is 2.30. The van der Waals surface area contributed by atoms with Crippen molar-refractivity contribution < 1.29 is 4.74 Å². The highest BCUT2D eigenvalue weighted by molar-refractivity contribution is 9.10. The lowest BCUT2D eigenvalue weighted by molar-refractivity contribution is 0.202. The van der Waals surface area contributed by atoms with E-state index < -0.39 is 0 Å². The van der Waals surface area contributed by atoms with Gasteiger partial charge in [-0.15, -0.1) is 0 Å². The number of rotatable bonds is 9. The van der Waals surface area contributed by atoms with Crippen LogP contribution in [0.15, 0.2) is 22.7 Å². The Hall–Kier alpha value is -0.580. The topological polar surface area (TPSA) is 38.5 Å². The third-order valence-electron chi connectivity index (χ3n) is 3.80. The molecule has 0 heterocycles. The number of benzene rings is 1. The van der Waals surface area contributed by atoms with E-state index in [1.807, 2.05) is 6.92 Å². The van der Waals surface area contributed by atoms with Gasteiger partial charge >= 0.3 is 0 Å². The molecule has 0 amide bonds. The number of nitrogens with two attached hydrogens (primary N) is 1. The zero-order valence-corrected chi connectivity index (χ0v) is 15.3. The molecular weight excluding hydrogens is 328 g/mol. The van der Waals surface area contributed by atoms with E-state index in [0.717, 1.165) is 36.9 Å². The van der Waals surface area contributed by atoms with E-state index in [1.54, 1.807) is 7.11 Å². The summed E-state index contributed by atoms with van der Waals surface area (Å²) in [4.78, 5) is 2.45. The van der Waals surface area contributed by atoms with E-state index in [1.165, 1.54) is 11.3 Å². The number of hydrogen-bond donors (Lipinski definition) is 1. The number of nitrogens with zero attached hydrogens (tertiary/aromatic N) is 1. The Morgan fingerprint density at radius 1 is 1.29 bits per heavy atom. The summed E-state index contributed by atoms with van der Waals surface area (Å²) in [6.45, 7) is 8.17. The number of halogens is 1. The van der Waals surface area contributed by atoms with Gasteiger partial charge in [-0.2, -0.15) is 0 Å². The highest BCUT2D eigenvalue weighted by atomic mass is 79.9. The van der Waals surface area contributed by atoms with E-state index >= 15 is 0 Å². The third-order valence-corrected chi connectivity index (χ3v) is 4.43. The molecule has 0 fully saturated rings. The van der Waals surface area contributed by atoms with Crippen LogP contribution in [0.1, 0.15) is 39.2 Å². The Morgan fingerprint density at radius 2 is 1.95 bits per heavy atom. The van der Waals surface area contributed by atoms with Crippen LogP contribution < -0.4 is 10.6 Å². The molecule has 1 rings (SSSR count). The molecule has 120 valence electrons. The molecule has 1 aromatic rings. The molecule has 1 unspecified atom stereocenters. The first-order valence-electron chi connectivity index (χ1n) is 7.83. The minimum absolute atomic E-state index is 0.186. The summed E-state index contributed by atoms with van der Waals surface area (Å²) in [5, 5.41) is 0. The zero-order chi connectivity index (χ0) is 15.8. The molecule has 0 saturated heterocycles. The maximum absolute atomic E-state index is 5.89. The Bertz CT molecular complexity index is 419. The van der Waals surface area contributed by atoms with Gasteiger partial charge in [-0.25, -0.2) is 0 Å². The molecule has 0 aromatic heterocycles. The van der Waals surface area contributed by atoms with Gasteiger partial charge in [0, 0.05) is 30.2 Å². The quantitative estimate of drug-likeness (QED) is 0.727. The van der Waals surface area contributed by atoms with Gasteiger partial charge in [0.05, 0.1) is 12.3 Å². The van der Waals surface area contributed by atoms with Crippen molar-refractivity contribution >= 4 is 21.6 Å². The van der Waals surface area contributed by atoms with Crippen molar-refractivity contribution in [3.05, 3.63) is 28.2 Å². The minimum atomic E-state index is 0.186. The normalized spacial score (nSPS) is 12.7. The Morgan fingerprint density at radius 3 is 2.43 bits per heavy atom. The van der Waals surface area contributed by atoms with Crippen LogP contribution in [0.25, 0.3) is 0 Å². The fourth-order valence-electron chi connectivity index (χ4n) is 2.70. The van der Waals surface area contributed by atoms with Gasteiger partial charge in [-0.1, -0.05) is 19.9 Å². The van der Waals surface area contributed by atoms with Crippen LogP contribution in [-0.2, 0) is 11.2 Å². The summed E-state index contributed by atoms with van der Waals surface area (Å²) in [6, 6.07) is 7.31. The van der Waals surface area contributed by atoms with Crippen LogP contribution in [0.3, 0.4) is 0 Å². The van der Waals surface area contributed by atoms with Crippen LogP contribution in [-0.4, -0.2) is 32.3 Å². The van der Waals surface area contributed by atoms with Crippen LogP contribution in [0, 0.1) is 0 Å². The lowest BCUT2D eigenvalue weighted by atomic mass is 10.1. The average molecular weight is 357 g/mol. The number of ether oxygens (including phenoxy) is 1. The summed E-state index contributed by atoms with van der Waals surface area (Å²) < 4.78 is 6.42. The predicted molar refractivity (Wildman–Crippen MR) is 95.1 cm³/mol. The molecule has 0 aliphatic heterocycles. The van der Waals surface area contributed by atoms with Gasteiger partial charge in [0.15, 0.2) is 0 Å². The fraction of sp³-hybridized carbons (Fsp3) is 0.647. The van der Waals surface area contributed by atoms with Crippen molar-refractivity contribution in [1.82, 2.24) is 0 Å². The molecule has 1 atom stereocenters. The number of hydrogen-bond acceptors (Lipinski definition) is 3. The van der Waals surface area contributed by atoms with E-state index in [9.17, 15) is 0 Å². The average Bonchev–Trinajstić information content (AvgIpc) is 2.43. The molecule has 0 spiro atoms. The molecular formula is C17H29BrN2O. The highest BCUT2D eigenvalue weighted by Gasteiger charge is 2.18. The Kier molecular flexibility index (Phi) is 8.30. The van der Waals surface area contributed by atoms with Gasteiger partial charge in [0.1, 0.15) is 0 Å². The fourth-order valence-corrected chi connectivity index (χ4v) is 3.35. The summed E-state index contributed by atoms with van der Waals surface area (Å²) in [6.07, 6.45) is 3.17. The molecule has 0 saturated carbocycles. The van der Waals surface area contributed by atoms with Crippen LogP contribution in [0.4, 0.5) is 5.69 Å². The third kappa shape index (κ3) is 5.61. The molecule has 21 heavy (non-hydrogen) atoms. The van der Waals surface area contributed by atoms with Gasteiger partial charge < -0.3 is 15.4 Å². The standard InChI is InChI=1S/C17H29BrN2O/c1-5-15(6-2)20(9-10-21-4)17-8-7-14(11-13(3)19)12-16(17)18/h7-8,12-13,15H,5-6,9-11,19H2,1-4H3. The second-order valence-electron chi connectivity index (χ2n) is 5.62. The minimum Gasteiger partial charge on any atom is -0.383 e. The van der Waals surface area contributed by atoms with E-state index in [2.05, 4.69) is 52.9 Å². The molecule has 1 aromatic carbocycles. The first-order chi connectivity index (χ1) is 10.0. The first kappa shape index (κ1) is 18.5. The molecule has 0 aliphatic rings. The summed E-state index contributed by atoms with van der Waals surface area (Å²) >= 11 is 3.73. The van der Waals surface area contributed by atoms with E-state index in [4.69, 9.17) is 10.5 Å². The van der Waals surface area contributed by atoms with Gasteiger partial charge in [-0.05, 0) is 59.8 Å². The van der Waals surface area contributed by atoms with Crippen molar-refractivity contribution in [3.8, 4) is 0 Å². The predicted octanol–water partition coefficient (Wildman–Crippen LogP) is 3.98. The van der Waals surface area contributed by atoms with Crippen molar-refractivity contribution in [3.63, 3.8) is 0 Å². The second kappa shape index (κ2) is 9.44. The maximum Gasteiger partial charge on any atom is 0.0637 e. The zero-order valence-electron chi connectivity index (χ0n) is 13.7.